The van der Waals surface area contributed by atoms with Crippen molar-refractivity contribution >= 4 is 11.8 Å². The zero-order chi connectivity index (χ0) is 23.2. The summed E-state index contributed by atoms with van der Waals surface area (Å²) in [5.41, 5.74) is 3.15. The standard InChI is InChI=1S/C26H28N4O3/c1-2-14-29-15-16-30(26(33)23-12-13-24(31)28-27-23)18-22(25(29)32)17-19-8-10-21(11-9-19)20-6-4-3-5-7-20/h3-13,22H,2,14-18H2,1H3,(H,28,31). The Morgan fingerprint density at radius 1 is 0.970 bits per heavy atom. The fourth-order valence-corrected chi connectivity index (χ4v) is 4.25. The molecule has 0 radical (unpaired) electrons. The third-order valence-electron chi connectivity index (χ3n) is 5.96. The van der Waals surface area contributed by atoms with Crippen LogP contribution in [-0.4, -0.2) is 58.0 Å². The number of nitrogens with zero attached hydrogens (tertiary/aromatic N) is 3. The van der Waals surface area contributed by atoms with Crippen molar-refractivity contribution in [2.45, 2.75) is 19.8 Å². The van der Waals surface area contributed by atoms with E-state index in [9.17, 15) is 14.4 Å². The molecule has 0 bridgehead atoms. The van der Waals surface area contributed by atoms with Gasteiger partial charge in [-0.1, -0.05) is 61.5 Å². The Kier molecular flexibility index (Phi) is 6.98. The number of carbonyl (C=O) groups excluding carboxylic acids is 2. The predicted molar refractivity (Wildman–Crippen MR) is 127 cm³/mol. The van der Waals surface area contributed by atoms with Gasteiger partial charge in [0.2, 0.25) is 5.91 Å². The van der Waals surface area contributed by atoms with Crippen molar-refractivity contribution in [1.82, 2.24) is 20.0 Å². The van der Waals surface area contributed by atoms with Gasteiger partial charge < -0.3 is 9.80 Å². The number of benzene rings is 2. The first-order valence-corrected chi connectivity index (χ1v) is 11.3. The van der Waals surface area contributed by atoms with Crippen LogP contribution < -0.4 is 5.56 Å². The number of aromatic nitrogens is 2. The summed E-state index contributed by atoms with van der Waals surface area (Å²) in [7, 11) is 0. The normalized spacial score (nSPS) is 16.5. The Hall–Kier alpha value is -3.74. The van der Waals surface area contributed by atoms with Gasteiger partial charge in [-0.25, -0.2) is 5.10 Å². The van der Waals surface area contributed by atoms with Gasteiger partial charge in [0.15, 0.2) is 0 Å². The molecular formula is C26H28N4O3. The summed E-state index contributed by atoms with van der Waals surface area (Å²) in [4.78, 5) is 41.2. The summed E-state index contributed by atoms with van der Waals surface area (Å²) in [6.45, 7) is 3.96. The number of rotatable bonds is 6. The summed E-state index contributed by atoms with van der Waals surface area (Å²) >= 11 is 0. The van der Waals surface area contributed by atoms with E-state index in [1.165, 1.54) is 12.1 Å². The number of aromatic amines is 1. The smallest absolute Gasteiger partial charge is 0.274 e. The van der Waals surface area contributed by atoms with Gasteiger partial charge in [0.05, 0.1) is 5.92 Å². The second-order valence-electron chi connectivity index (χ2n) is 8.35. The molecule has 2 aromatic carbocycles. The van der Waals surface area contributed by atoms with Crippen molar-refractivity contribution in [3.05, 3.63) is 88.3 Å². The summed E-state index contributed by atoms with van der Waals surface area (Å²) in [6.07, 6.45) is 1.41. The zero-order valence-corrected chi connectivity index (χ0v) is 18.7. The van der Waals surface area contributed by atoms with Gasteiger partial charge in [-0.15, -0.1) is 0 Å². The first-order chi connectivity index (χ1) is 16.0. The number of carbonyl (C=O) groups is 2. The molecule has 0 saturated carbocycles. The lowest BCUT2D eigenvalue weighted by molar-refractivity contribution is -0.134. The molecule has 1 atom stereocenters. The number of amides is 2. The molecule has 1 aliphatic heterocycles. The van der Waals surface area contributed by atoms with E-state index in [0.717, 1.165) is 23.1 Å². The molecule has 0 spiro atoms. The monoisotopic (exact) mass is 444 g/mol. The molecule has 0 aliphatic carbocycles. The van der Waals surface area contributed by atoms with Crippen LogP contribution in [-0.2, 0) is 11.2 Å². The average molecular weight is 445 g/mol. The first-order valence-electron chi connectivity index (χ1n) is 11.3. The highest BCUT2D eigenvalue weighted by atomic mass is 16.2. The van der Waals surface area contributed by atoms with E-state index in [2.05, 4.69) is 46.6 Å². The van der Waals surface area contributed by atoms with Crippen LogP contribution in [0.3, 0.4) is 0 Å². The Balaban J connectivity index is 1.54. The molecule has 1 aliphatic rings. The van der Waals surface area contributed by atoms with Crippen LogP contribution in [0.2, 0.25) is 0 Å². The molecule has 4 rings (SSSR count). The van der Waals surface area contributed by atoms with Crippen LogP contribution >= 0.6 is 0 Å². The lowest BCUT2D eigenvalue weighted by Gasteiger charge is -2.23. The van der Waals surface area contributed by atoms with Crippen LogP contribution in [0, 0.1) is 5.92 Å². The fourth-order valence-electron chi connectivity index (χ4n) is 4.25. The quantitative estimate of drug-likeness (QED) is 0.633. The van der Waals surface area contributed by atoms with Crippen molar-refractivity contribution in [3.63, 3.8) is 0 Å². The van der Waals surface area contributed by atoms with Crippen LogP contribution in [0.4, 0.5) is 0 Å². The highest BCUT2D eigenvalue weighted by molar-refractivity contribution is 5.93. The molecular weight excluding hydrogens is 416 g/mol. The molecule has 1 unspecified atom stereocenters. The fraction of sp³-hybridized carbons (Fsp3) is 0.308. The lowest BCUT2D eigenvalue weighted by atomic mass is 9.95. The van der Waals surface area contributed by atoms with Gasteiger partial charge in [0, 0.05) is 32.2 Å². The third kappa shape index (κ3) is 5.37. The van der Waals surface area contributed by atoms with Gasteiger partial charge in [-0.2, -0.15) is 5.10 Å². The van der Waals surface area contributed by atoms with E-state index >= 15 is 0 Å². The molecule has 1 aromatic heterocycles. The Labute approximate surface area is 193 Å². The van der Waals surface area contributed by atoms with E-state index in [4.69, 9.17) is 0 Å². The predicted octanol–water partition coefficient (Wildman–Crippen LogP) is 2.99. The second kappa shape index (κ2) is 10.3. The maximum atomic E-state index is 13.3. The van der Waals surface area contributed by atoms with Crippen molar-refractivity contribution in [1.29, 1.82) is 0 Å². The van der Waals surface area contributed by atoms with Gasteiger partial charge in [-0.05, 0) is 35.6 Å². The van der Waals surface area contributed by atoms with Crippen molar-refractivity contribution in [2.75, 3.05) is 26.2 Å². The summed E-state index contributed by atoms with van der Waals surface area (Å²) in [5.74, 6) is -0.538. The van der Waals surface area contributed by atoms with Crippen molar-refractivity contribution in [2.24, 2.45) is 5.92 Å². The topological polar surface area (TPSA) is 86.4 Å². The van der Waals surface area contributed by atoms with Crippen molar-refractivity contribution in [3.8, 4) is 11.1 Å². The van der Waals surface area contributed by atoms with Crippen molar-refractivity contribution < 1.29 is 9.59 Å². The summed E-state index contributed by atoms with van der Waals surface area (Å²) in [6, 6.07) is 21.1. The average Bonchev–Trinajstić information content (AvgIpc) is 3.00. The van der Waals surface area contributed by atoms with Gasteiger partial charge >= 0.3 is 0 Å². The molecule has 170 valence electrons. The zero-order valence-electron chi connectivity index (χ0n) is 18.7. The molecule has 7 heteroatoms. The number of H-pyrrole nitrogens is 1. The molecule has 1 saturated heterocycles. The molecule has 7 nitrogen and oxygen atoms in total. The summed E-state index contributed by atoms with van der Waals surface area (Å²) in [5, 5.41) is 6.19. The minimum Gasteiger partial charge on any atom is -0.341 e. The maximum Gasteiger partial charge on any atom is 0.274 e. The largest absolute Gasteiger partial charge is 0.341 e. The number of hydrogen-bond acceptors (Lipinski definition) is 4. The molecule has 2 heterocycles. The van der Waals surface area contributed by atoms with Gasteiger partial charge in [0.25, 0.3) is 11.5 Å². The van der Waals surface area contributed by atoms with Gasteiger partial charge in [-0.3, -0.25) is 14.4 Å². The maximum absolute atomic E-state index is 13.3. The minimum absolute atomic E-state index is 0.0775. The van der Waals surface area contributed by atoms with Crippen LogP contribution in [0.5, 0.6) is 0 Å². The van der Waals surface area contributed by atoms with Crippen LogP contribution in [0.25, 0.3) is 11.1 Å². The molecule has 3 aromatic rings. The Bertz CT molecular complexity index is 1140. The minimum atomic E-state index is -0.358. The Morgan fingerprint density at radius 2 is 1.70 bits per heavy atom. The van der Waals surface area contributed by atoms with E-state index < -0.39 is 0 Å². The van der Waals surface area contributed by atoms with E-state index in [1.54, 1.807) is 4.90 Å². The van der Waals surface area contributed by atoms with E-state index in [-0.39, 0.29) is 29.0 Å². The lowest BCUT2D eigenvalue weighted by Crippen LogP contribution is -2.38. The molecule has 1 fully saturated rings. The van der Waals surface area contributed by atoms with Crippen LogP contribution in [0.15, 0.2) is 71.5 Å². The first kappa shape index (κ1) is 22.5. The SMILES string of the molecule is CCCN1CCN(C(=O)c2ccc(=O)[nH]n2)CC(Cc2ccc(-c3ccccc3)cc2)C1=O. The highest BCUT2D eigenvalue weighted by Gasteiger charge is 2.32. The van der Waals surface area contributed by atoms with E-state index in [0.29, 0.717) is 32.6 Å². The number of hydrogen-bond donors (Lipinski definition) is 1. The third-order valence-corrected chi connectivity index (χ3v) is 5.96. The van der Waals surface area contributed by atoms with Crippen LogP contribution in [0.1, 0.15) is 29.4 Å². The second-order valence-corrected chi connectivity index (χ2v) is 8.35. The van der Waals surface area contributed by atoms with E-state index in [1.807, 2.05) is 30.0 Å². The summed E-state index contributed by atoms with van der Waals surface area (Å²) < 4.78 is 0. The molecule has 1 N–H and O–H groups in total. The Morgan fingerprint density at radius 3 is 2.36 bits per heavy atom. The van der Waals surface area contributed by atoms with Gasteiger partial charge in [0.1, 0.15) is 5.69 Å². The molecule has 2 amide bonds. The number of nitrogens with one attached hydrogen (secondary N) is 1. The highest BCUT2D eigenvalue weighted by Crippen LogP contribution is 2.22. The molecule has 33 heavy (non-hydrogen) atoms.